The first-order chi connectivity index (χ1) is 31.2. The number of hydrogen-bond donors (Lipinski definition) is 0. The third kappa shape index (κ3) is 6.36. The Morgan fingerprint density at radius 1 is 0.317 bits per heavy atom. The van der Waals surface area contributed by atoms with Crippen LogP contribution in [0.2, 0.25) is 0 Å². The molecule has 0 fully saturated rings. The Hall–Kier alpha value is -8.47. The number of benzene rings is 9. The molecule has 0 N–H and O–H groups in total. The van der Waals surface area contributed by atoms with Crippen LogP contribution in [0.25, 0.3) is 117 Å². The first-order valence-electron chi connectivity index (χ1n) is 21.4. The lowest BCUT2D eigenvalue weighted by Gasteiger charge is -2.13. The summed E-state index contributed by atoms with van der Waals surface area (Å²) < 4.78 is 2.45. The van der Waals surface area contributed by atoms with E-state index < -0.39 is 0 Å². The van der Waals surface area contributed by atoms with Crippen molar-refractivity contribution in [1.82, 2.24) is 19.5 Å². The number of para-hydroxylation sites is 3. The van der Waals surface area contributed by atoms with Crippen molar-refractivity contribution < 1.29 is 0 Å². The van der Waals surface area contributed by atoms with Gasteiger partial charge in [-0.15, -0.1) is 0 Å². The molecule has 4 nitrogen and oxygen atoms in total. The van der Waals surface area contributed by atoms with Crippen molar-refractivity contribution in [2.45, 2.75) is 0 Å². The van der Waals surface area contributed by atoms with Gasteiger partial charge < -0.3 is 4.57 Å². The third-order valence-corrected chi connectivity index (χ3v) is 12.2. The summed E-state index contributed by atoms with van der Waals surface area (Å²) in [5.74, 6) is 0.695. The molecule has 0 atom stereocenters. The highest BCUT2D eigenvalue weighted by atomic mass is 15.0. The van der Waals surface area contributed by atoms with Crippen molar-refractivity contribution >= 4 is 43.5 Å². The first kappa shape index (κ1) is 36.4. The van der Waals surface area contributed by atoms with Crippen molar-refractivity contribution in [3.8, 4) is 73.1 Å². The molecule has 9 aromatic carbocycles. The van der Waals surface area contributed by atoms with Crippen molar-refractivity contribution in [2.75, 3.05) is 0 Å². The van der Waals surface area contributed by atoms with Gasteiger partial charge in [-0.2, -0.15) is 0 Å². The van der Waals surface area contributed by atoms with E-state index in [0.29, 0.717) is 5.82 Å². The minimum absolute atomic E-state index is 0.695. The molecule has 0 unspecified atom stereocenters. The molecule has 3 aromatic heterocycles. The van der Waals surface area contributed by atoms with Gasteiger partial charge in [-0.05, 0) is 53.1 Å². The monoisotopic (exact) mass is 802 g/mol. The number of nitrogens with zero attached hydrogens (tertiary/aromatic N) is 4. The maximum atomic E-state index is 5.27. The average molecular weight is 803 g/mol. The van der Waals surface area contributed by atoms with E-state index in [9.17, 15) is 0 Å². The second-order valence-electron chi connectivity index (χ2n) is 16.0. The summed E-state index contributed by atoms with van der Waals surface area (Å²) in [5, 5.41) is 5.95. The van der Waals surface area contributed by atoms with Gasteiger partial charge in [-0.25, -0.2) is 15.0 Å². The molecule has 0 aliphatic heterocycles. The zero-order chi connectivity index (χ0) is 41.7. The molecule has 12 aromatic rings. The molecule has 0 saturated heterocycles. The Balaban J connectivity index is 1.01. The fraction of sp³-hybridized carbons (Fsp3) is 0. The highest BCUT2D eigenvalue weighted by Gasteiger charge is 2.22. The van der Waals surface area contributed by atoms with E-state index in [4.69, 9.17) is 15.0 Å². The van der Waals surface area contributed by atoms with Gasteiger partial charge in [-0.1, -0.05) is 194 Å². The van der Waals surface area contributed by atoms with Crippen LogP contribution in [-0.4, -0.2) is 19.5 Å². The van der Waals surface area contributed by atoms with Crippen molar-refractivity contribution in [2.24, 2.45) is 0 Å². The molecular formula is C59H38N4. The summed E-state index contributed by atoms with van der Waals surface area (Å²) in [6, 6.07) is 81.5. The zero-order valence-electron chi connectivity index (χ0n) is 34.2. The number of aromatic nitrogens is 4. The van der Waals surface area contributed by atoms with E-state index >= 15 is 0 Å². The summed E-state index contributed by atoms with van der Waals surface area (Å²) >= 11 is 0. The van der Waals surface area contributed by atoms with Gasteiger partial charge in [-0.3, -0.25) is 0 Å². The highest BCUT2D eigenvalue weighted by molar-refractivity contribution is 6.30. The SMILES string of the molecule is c1ccc(-c2cc(-c3ccccc3)nc(-c3cccc(-c4ccc(-c5cccc6c7c8c(ccc7n(-c7ccccc7)c56)c(-c5ccccc5)nc5ccccc58)cc4)c3)n2)cc1. The smallest absolute Gasteiger partial charge is 0.160 e. The topological polar surface area (TPSA) is 43.6 Å². The minimum Gasteiger partial charge on any atom is -0.309 e. The van der Waals surface area contributed by atoms with Crippen LogP contribution in [0.15, 0.2) is 231 Å². The van der Waals surface area contributed by atoms with Gasteiger partial charge in [0.2, 0.25) is 0 Å². The average Bonchev–Trinajstić information content (AvgIpc) is 3.72. The van der Waals surface area contributed by atoms with E-state index in [0.717, 1.165) is 83.5 Å². The summed E-state index contributed by atoms with van der Waals surface area (Å²) in [4.78, 5) is 15.5. The van der Waals surface area contributed by atoms with E-state index in [-0.39, 0.29) is 0 Å². The number of fused-ring (bicyclic) bond motifs is 7. The number of pyridine rings is 1. The Morgan fingerprint density at radius 2 is 0.873 bits per heavy atom. The predicted octanol–water partition coefficient (Wildman–Crippen LogP) is 15.3. The predicted molar refractivity (Wildman–Crippen MR) is 262 cm³/mol. The molecule has 63 heavy (non-hydrogen) atoms. The van der Waals surface area contributed by atoms with Gasteiger partial charge in [0, 0.05) is 60.4 Å². The molecule has 0 saturated carbocycles. The van der Waals surface area contributed by atoms with Gasteiger partial charge in [0.1, 0.15) is 0 Å². The summed E-state index contributed by atoms with van der Waals surface area (Å²) in [5.41, 5.74) is 16.0. The number of rotatable bonds is 7. The molecule has 0 amide bonds. The van der Waals surface area contributed by atoms with Gasteiger partial charge >= 0.3 is 0 Å². The van der Waals surface area contributed by atoms with E-state index in [1.54, 1.807) is 0 Å². The van der Waals surface area contributed by atoms with Crippen LogP contribution in [0.4, 0.5) is 0 Å². The van der Waals surface area contributed by atoms with Crippen LogP contribution in [0, 0.1) is 0 Å². The summed E-state index contributed by atoms with van der Waals surface area (Å²) in [6.45, 7) is 0. The van der Waals surface area contributed by atoms with Gasteiger partial charge in [0.15, 0.2) is 5.82 Å². The van der Waals surface area contributed by atoms with Gasteiger partial charge in [0.25, 0.3) is 0 Å². The molecule has 12 rings (SSSR count). The van der Waals surface area contributed by atoms with Gasteiger partial charge in [0.05, 0.1) is 33.6 Å². The fourth-order valence-electron chi connectivity index (χ4n) is 9.26. The maximum Gasteiger partial charge on any atom is 0.160 e. The molecule has 294 valence electrons. The lowest BCUT2D eigenvalue weighted by Crippen LogP contribution is -1.96. The summed E-state index contributed by atoms with van der Waals surface area (Å²) in [6.07, 6.45) is 0. The second-order valence-corrected chi connectivity index (χ2v) is 16.0. The lowest BCUT2D eigenvalue weighted by atomic mass is 9.95. The molecule has 3 heterocycles. The van der Waals surface area contributed by atoms with Crippen molar-refractivity contribution in [1.29, 1.82) is 0 Å². The fourth-order valence-corrected chi connectivity index (χ4v) is 9.26. The molecule has 0 spiro atoms. The Morgan fingerprint density at radius 3 is 1.57 bits per heavy atom. The van der Waals surface area contributed by atoms with E-state index in [2.05, 4.69) is 199 Å². The Labute approximate surface area is 365 Å². The van der Waals surface area contributed by atoms with Crippen molar-refractivity contribution in [3.05, 3.63) is 231 Å². The molecule has 0 radical (unpaired) electrons. The van der Waals surface area contributed by atoms with Crippen LogP contribution in [-0.2, 0) is 0 Å². The van der Waals surface area contributed by atoms with E-state index in [1.807, 2.05) is 36.4 Å². The molecular weight excluding hydrogens is 765 g/mol. The molecule has 4 heteroatoms. The zero-order valence-corrected chi connectivity index (χ0v) is 34.2. The minimum atomic E-state index is 0.695. The summed E-state index contributed by atoms with van der Waals surface area (Å²) in [7, 11) is 0. The normalized spacial score (nSPS) is 11.5. The van der Waals surface area contributed by atoms with Crippen molar-refractivity contribution in [3.63, 3.8) is 0 Å². The Bertz CT molecular complexity index is 3580. The molecule has 0 bridgehead atoms. The number of hydrogen-bond acceptors (Lipinski definition) is 3. The van der Waals surface area contributed by atoms with E-state index in [1.165, 1.54) is 27.2 Å². The maximum absolute atomic E-state index is 5.27. The largest absolute Gasteiger partial charge is 0.309 e. The van der Waals surface area contributed by atoms with Crippen LogP contribution in [0.5, 0.6) is 0 Å². The Kier molecular flexibility index (Phi) is 8.79. The van der Waals surface area contributed by atoms with Crippen LogP contribution < -0.4 is 0 Å². The highest BCUT2D eigenvalue weighted by Crippen LogP contribution is 2.45. The second kappa shape index (κ2) is 15.2. The molecule has 0 aliphatic carbocycles. The molecule has 0 aliphatic rings. The van der Waals surface area contributed by atoms with Crippen LogP contribution in [0.1, 0.15) is 0 Å². The van der Waals surface area contributed by atoms with Crippen LogP contribution in [0.3, 0.4) is 0 Å². The van der Waals surface area contributed by atoms with Crippen LogP contribution >= 0.6 is 0 Å². The first-order valence-corrected chi connectivity index (χ1v) is 21.4. The standard InChI is InChI=1S/C59H38N4/c1-5-17-41(18-6-1)52-38-53(42-19-7-2-8-20-42)62-59(61-52)45-24-15-23-44(37-45)39-31-33-40(34-32-39)47-28-16-29-50-56-54(63(58(47)50)46-25-11-4-12-26-46)36-35-49-55(56)48-27-13-14-30-51(48)60-57(49)43-21-9-3-10-22-43/h1-38H. The lowest BCUT2D eigenvalue weighted by molar-refractivity contribution is 1.18. The third-order valence-electron chi connectivity index (χ3n) is 12.2. The quantitative estimate of drug-likeness (QED) is 0.151.